The Bertz CT molecular complexity index is 7290. The molecule has 0 saturated carbocycles. The van der Waals surface area contributed by atoms with Gasteiger partial charge in [0, 0.05) is 128 Å². The van der Waals surface area contributed by atoms with E-state index >= 15 is 0 Å². The van der Waals surface area contributed by atoms with Gasteiger partial charge >= 0.3 is 0 Å². The molecule has 19 rings (SSSR count). The highest BCUT2D eigenvalue weighted by atomic mass is 16.4. The van der Waals surface area contributed by atoms with Crippen LogP contribution in [0.15, 0.2) is 267 Å². The van der Waals surface area contributed by atoms with Gasteiger partial charge in [-0.15, -0.1) is 0 Å². The Morgan fingerprint density at radius 3 is 1.15 bits per heavy atom. The summed E-state index contributed by atoms with van der Waals surface area (Å²) < 4.78 is 114. The van der Waals surface area contributed by atoms with E-state index in [4.69, 9.17) is 31.4 Å². The molecule has 19 aromatic rings. The molecule has 12 heterocycles. The first-order valence-electron chi connectivity index (χ1n) is 42.0. The third kappa shape index (κ3) is 13.3. The minimum Gasteiger partial charge on any atom is -0.437 e. The van der Waals surface area contributed by atoms with Gasteiger partial charge in [-0.05, 0) is 208 Å². The molecule has 0 aliphatic heterocycles. The molecular formula is C99H90N8O4+4. The highest BCUT2D eigenvalue weighted by Gasteiger charge is 2.29. The SMILES string of the molecule is Cc1cc(-c2c(C)cc(C)c3c2oc2ncccc23)[n+](C)cc1-c1ccccc1.Cc1cc(C)c2c(oc3ncccc32)c1-c1ccc(-c2ccccc2)c[n+]1C.[2H]C([2H])([2H])c1cc(C)c(-c2cc(C([2H])(C)C([2H])([2H])[2H])cc[n+]2C)c2oc3nc(C)ccc3c12.[2H]C([2H])([2H])c1cc(C)c(-c2ccc(-c3ccccc3)c[n+]2C)c2oc3ncccc3c12. The van der Waals surface area contributed by atoms with E-state index < -0.39 is 26.4 Å². The minimum atomic E-state index is -2.53. The lowest BCUT2D eigenvalue weighted by Gasteiger charge is -2.11. The molecule has 12 heteroatoms. The van der Waals surface area contributed by atoms with Gasteiger partial charge in [0.15, 0.2) is 47.1 Å². The summed E-state index contributed by atoms with van der Waals surface area (Å²) in [5.74, 6) is -1.83. The summed E-state index contributed by atoms with van der Waals surface area (Å²) >= 11 is 0. The normalized spacial score (nSPS) is 13.7. The van der Waals surface area contributed by atoms with Crippen LogP contribution in [0.2, 0.25) is 0 Å². The fourth-order valence-corrected chi connectivity index (χ4v) is 15.8. The number of hydrogen-bond donors (Lipinski definition) is 0. The predicted octanol–water partition coefficient (Wildman–Crippen LogP) is 23.1. The van der Waals surface area contributed by atoms with Crippen LogP contribution in [-0.2, 0) is 28.2 Å². The van der Waals surface area contributed by atoms with E-state index in [1.807, 2.05) is 87.1 Å². The van der Waals surface area contributed by atoms with Crippen LogP contribution in [0, 0.1) is 69.1 Å². The first-order valence-corrected chi connectivity index (χ1v) is 37.0. The average molecular weight is 1470 g/mol. The van der Waals surface area contributed by atoms with Crippen molar-refractivity contribution in [3.63, 3.8) is 0 Å². The summed E-state index contributed by atoms with van der Waals surface area (Å²) in [7, 11) is 8.00. The van der Waals surface area contributed by atoms with Gasteiger partial charge in [-0.1, -0.05) is 129 Å². The second kappa shape index (κ2) is 29.5. The fourth-order valence-electron chi connectivity index (χ4n) is 15.8. The van der Waals surface area contributed by atoms with Crippen molar-refractivity contribution >= 4 is 88.3 Å². The second-order valence-electron chi connectivity index (χ2n) is 28.9. The number of hydrogen-bond acceptors (Lipinski definition) is 8. The van der Waals surface area contributed by atoms with Crippen LogP contribution in [0.3, 0.4) is 0 Å². The Labute approximate surface area is 661 Å². The Morgan fingerprint density at radius 1 is 0.333 bits per heavy atom. The quantitative estimate of drug-likeness (QED) is 0.138. The number of benzene rings is 7. The van der Waals surface area contributed by atoms with E-state index in [0.29, 0.717) is 83.5 Å². The van der Waals surface area contributed by atoms with Crippen LogP contribution in [0.5, 0.6) is 0 Å². The number of fused-ring (bicyclic) bond motifs is 12. The van der Waals surface area contributed by atoms with Gasteiger partial charge in [0.25, 0.3) is 0 Å². The number of pyridine rings is 8. The van der Waals surface area contributed by atoms with Crippen molar-refractivity contribution < 1.29 is 49.6 Å². The van der Waals surface area contributed by atoms with Crippen LogP contribution in [0.25, 0.3) is 167 Å². The lowest BCUT2D eigenvalue weighted by atomic mass is 9.95. The first-order chi connectivity index (χ1) is 57.6. The molecule has 1 unspecified atom stereocenters. The zero-order valence-electron chi connectivity index (χ0n) is 74.4. The summed E-state index contributed by atoms with van der Waals surface area (Å²) in [6.45, 7) is 10.5. The van der Waals surface area contributed by atoms with Gasteiger partial charge in [0.2, 0.25) is 45.6 Å². The van der Waals surface area contributed by atoms with E-state index in [-0.39, 0.29) is 5.56 Å². The van der Waals surface area contributed by atoms with Crippen LogP contribution in [0.4, 0.5) is 0 Å². The van der Waals surface area contributed by atoms with Gasteiger partial charge in [0.05, 0.1) is 22.3 Å². The van der Waals surface area contributed by atoms with Crippen molar-refractivity contribution in [2.75, 3.05) is 0 Å². The Kier molecular flexibility index (Phi) is 16.2. The summed E-state index contributed by atoms with van der Waals surface area (Å²) in [5.41, 5.74) is 28.8. The average Bonchev–Trinajstić information content (AvgIpc) is 1.66. The fraction of sp³-hybridized carbons (Fsp3) is 0.172. The molecular weight excluding hydrogens is 1370 g/mol. The van der Waals surface area contributed by atoms with Crippen molar-refractivity contribution in [2.45, 2.75) is 88.8 Å². The molecule has 12 nitrogen and oxygen atoms in total. The van der Waals surface area contributed by atoms with Crippen molar-refractivity contribution in [1.29, 1.82) is 0 Å². The number of aryl methyl sites for hydroxylation is 14. The summed E-state index contributed by atoms with van der Waals surface area (Å²) in [4.78, 5) is 17.6. The maximum atomic E-state index is 8.51. The van der Waals surface area contributed by atoms with E-state index in [2.05, 4.69) is 222 Å². The van der Waals surface area contributed by atoms with Gasteiger partial charge in [-0.3, -0.25) is 0 Å². The minimum absolute atomic E-state index is 0.176. The van der Waals surface area contributed by atoms with E-state index in [0.717, 1.165) is 88.9 Å². The lowest BCUT2D eigenvalue weighted by molar-refractivity contribution is -0.660. The largest absolute Gasteiger partial charge is 0.437 e. The lowest BCUT2D eigenvalue weighted by Crippen LogP contribution is -2.31. The molecule has 546 valence electrons. The highest BCUT2D eigenvalue weighted by molar-refractivity contribution is 6.14. The number of furan rings is 4. The van der Waals surface area contributed by atoms with Gasteiger partial charge in [-0.25, -0.2) is 38.2 Å². The molecule has 0 aliphatic carbocycles. The molecule has 7 aromatic carbocycles. The molecule has 0 saturated heterocycles. The molecule has 0 spiro atoms. The molecule has 0 fully saturated rings. The molecule has 0 radical (unpaired) electrons. The summed E-state index contributed by atoms with van der Waals surface area (Å²) in [6.07, 6.45) is 13.4. The second-order valence-corrected chi connectivity index (χ2v) is 28.9. The monoisotopic (exact) mass is 1460 g/mol. The Morgan fingerprint density at radius 2 is 0.721 bits per heavy atom. The Hall–Kier alpha value is -13.1. The Balaban J connectivity index is 0.000000120. The standard InChI is InChI=1S/C26H23N2O.2C25H21N2O.C23H25N2O/c1-16-14-22(28(4)15-21(16)19-9-6-5-7-10-19)24-18(3)13-17(2)23-20-11-8-12-27-26(20)29-25(23)24;2*1-16-14-17(2)23(24-22(16)20-10-7-13-26-25(20)28-24)21-12-11-19(15-27(21)3)18-8-5-4-6-9-18;1-13(2)17-9-10-25(6)19(12-17)21-15(4)11-14(3)20-18-8-7-16(5)24-23(18)26-22(20)21/h5-15H,1-4H3;2*4-15H,1-3H3;7-13H,1-6H3/q4*+1/i;1D3;;1D3,3D3,13D. The van der Waals surface area contributed by atoms with Crippen LogP contribution < -0.4 is 18.3 Å². The van der Waals surface area contributed by atoms with Gasteiger partial charge < -0.3 is 17.7 Å². The number of nitrogens with zero attached hydrogens (tertiary/aromatic N) is 8. The highest BCUT2D eigenvalue weighted by Crippen LogP contribution is 2.44. The van der Waals surface area contributed by atoms with Crippen molar-refractivity contribution in [3.05, 3.63) is 311 Å². The van der Waals surface area contributed by atoms with Gasteiger partial charge in [-0.2, -0.15) is 0 Å². The zero-order chi connectivity index (χ0) is 85.6. The topological polar surface area (TPSA) is 120 Å². The van der Waals surface area contributed by atoms with Crippen LogP contribution >= 0.6 is 0 Å². The molecule has 0 aliphatic rings. The van der Waals surface area contributed by atoms with E-state index in [9.17, 15) is 0 Å². The smallest absolute Gasteiger partial charge is 0.227 e. The third-order valence-electron chi connectivity index (χ3n) is 21.1. The third-order valence-corrected chi connectivity index (χ3v) is 21.1. The molecule has 12 aromatic heterocycles. The first kappa shape index (κ1) is 60.9. The molecule has 1 atom stereocenters. The van der Waals surface area contributed by atoms with Crippen molar-refractivity contribution in [1.82, 2.24) is 19.9 Å². The van der Waals surface area contributed by atoms with E-state index in [1.54, 1.807) is 62.0 Å². The maximum Gasteiger partial charge on any atom is 0.227 e. The molecule has 0 N–H and O–H groups in total. The summed E-state index contributed by atoms with van der Waals surface area (Å²) in [6, 6.07) is 68.5. The maximum absolute atomic E-state index is 8.51. The number of aromatic nitrogens is 8. The van der Waals surface area contributed by atoms with Crippen molar-refractivity contribution in [3.8, 4) is 78.4 Å². The molecule has 0 bridgehead atoms. The predicted molar refractivity (Wildman–Crippen MR) is 450 cm³/mol. The van der Waals surface area contributed by atoms with Crippen LogP contribution in [-0.4, -0.2) is 19.9 Å². The summed E-state index contributed by atoms with van der Waals surface area (Å²) in [5, 5.41) is 6.84. The van der Waals surface area contributed by atoms with E-state index in [1.165, 1.54) is 57.0 Å². The van der Waals surface area contributed by atoms with Gasteiger partial charge in [0.1, 0.15) is 28.2 Å². The molecule has 111 heavy (non-hydrogen) atoms. The molecule has 0 amide bonds. The number of rotatable bonds is 8. The zero-order valence-corrected chi connectivity index (χ0v) is 64.4. The van der Waals surface area contributed by atoms with Crippen LogP contribution in [0.1, 0.15) is 94.7 Å². The van der Waals surface area contributed by atoms with Crippen molar-refractivity contribution in [2.24, 2.45) is 28.2 Å².